The van der Waals surface area contributed by atoms with Gasteiger partial charge in [0.2, 0.25) is 5.91 Å². The van der Waals surface area contributed by atoms with Crippen molar-refractivity contribution in [1.82, 2.24) is 10.6 Å². The molecule has 6 heteroatoms. The zero-order valence-electron chi connectivity index (χ0n) is 14.4. The molecule has 23 heavy (non-hydrogen) atoms. The Hall–Kier alpha value is -1.98. The molecule has 2 N–H and O–H groups in total. The summed E-state index contributed by atoms with van der Waals surface area (Å²) in [5.74, 6) is 0.957. The number of amides is 2. The zero-order chi connectivity index (χ0) is 17.3. The fourth-order valence-electron chi connectivity index (χ4n) is 2.38. The number of furan rings is 1. The number of carbonyl (C=O) groups is 2. The lowest BCUT2D eigenvalue weighted by atomic mass is 10.1. The molecule has 2 atom stereocenters. The Morgan fingerprint density at radius 3 is 2.57 bits per heavy atom. The van der Waals surface area contributed by atoms with Gasteiger partial charge in [0.05, 0.1) is 11.8 Å². The number of nitrogens with one attached hydrogen (secondary N) is 2. The molecule has 0 radical (unpaired) electrons. The van der Waals surface area contributed by atoms with Crippen LogP contribution in [0.1, 0.15) is 52.7 Å². The minimum absolute atomic E-state index is 0.0117. The van der Waals surface area contributed by atoms with E-state index in [2.05, 4.69) is 10.6 Å². The second-order valence-corrected chi connectivity index (χ2v) is 7.69. The normalized spacial score (nSPS) is 20.7. The van der Waals surface area contributed by atoms with Gasteiger partial charge < -0.3 is 19.8 Å². The molecule has 1 aliphatic carbocycles. The minimum Gasteiger partial charge on any atom is -0.469 e. The van der Waals surface area contributed by atoms with E-state index in [-0.39, 0.29) is 17.7 Å². The summed E-state index contributed by atoms with van der Waals surface area (Å²) >= 11 is 0. The van der Waals surface area contributed by atoms with Crippen molar-refractivity contribution in [3.05, 3.63) is 24.2 Å². The molecule has 1 aromatic rings. The molecule has 2 rings (SSSR count). The van der Waals surface area contributed by atoms with Gasteiger partial charge in [-0.05, 0) is 53.2 Å². The predicted molar refractivity (Wildman–Crippen MR) is 86.0 cm³/mol. The van der Waals surface area contributed by atoms with Gasteiger partial charge in [-0.3, -0.25) is 4.79 Å². The van der Waals surface area contributed by atoms with Crippen LogP contribution < -0.4 is 10.6 Å². The molecule has 0 aromatic carbocycles. The van der Waals surface area contributed by atoms with Crippen LogP contribution in [0.4, 0.5) is 4.79 Å². The summed E-state index contributed by atoms with van der Waals surface area (Å²) in [4.78, 5) is 24.0. The lowest BCUT2D eigenvalue weighted by Gasteiger charge is -2.28. The van der Waals surface area contributed by atoms with Gasteiger partial charge in [0.25, 0.3) is 0 Å². The Balaban J connectivity index is 1.77. The maximum Gasteiger partial charge on any atom is 0.407 e. The highest BCUT2D eigenvalue weighted by Gasteiger charge is 2.46. The van der Waals surface area contributed by atoms with Crippen LogP contribution in [-0.2, 0) is 9.53 Å². The lowest BCUT2D eigenvalue weighted by Crippen LogP contribution is -2.52. The maximum absolute atomic E-state index is 12.3. The summed E-state index contributed by atoms with van der Waals surface area (Å²) in [7, 11) is 0. The fourth-order valence-corrected chi connectivity index (χ4v) is 2.38. The van der Waals surface area contributed by atoms with Crippen molar-refractivity contribution in [2.45, 2.75) is 58.1 Å². The Labute approximate surface area is 137 Å². The largest absolute Gasteiger partial charge is 0.469 e. The molecular weight excluding hydrogens is 296 g/mol. The molecule has 1 heterocycles. The van der Waals surface area contributed by atoms with Gasteiger partial charge in [-0.2, -0.15) is 0 Å². The molecule has 1 saturated carbocycles. The first-order chi connectivity index (χ1) is 10.6. The van der Waals surface area contributed by atoms with Crippen LogP contribution in [0.2, 0.25) is 0 Å². The molecule has 1 fully saturated rings. The van der Waals surface area contributed by atoms with Crippen LogP contribution in [0, 0.1) is 5.92 Å². The van der Waals surface area contributed by atoms with E-state index in [1.165, 1.54) is 0 Å². The van der Waals surface area contributed by atoms with Gasteiger partial charge >= 0.3 is 6.09 Å². The van der Waals surface area contributed by atoms with Crippen LogP contribution in [-0.4, -0.2) is 29.7 Å². The molecule has 0 unspecified atom stereocenters. The molecule has 1 aliphatic rings. The molecule has 0 saturated heterocycles. The number of hydrogen-bond donors (Lipinski definition) is 2. The highest BCUT2D eigenvalue weighted by Crippen LogP contribution is 2.47. The van der Waals surface area contributed by atoms with Gasteiger partial charge in [-0.1, -0.05) is 0 Å². The van der Waals surface area contributed by atoms with Gasteiger partial charge in [-0.25, -0.2) is 4.79 Å². The predicted octanol–water partition coefficient (Wildman–Crippen LogP) is 2.80. The first-order valence-corrected chi connectivity index (χ1v) is 7.90. The van der Waals surface area contributed by atoms with Crippen LogP contribution in [0.15, 0.2) is 22.8 Å². The summed E-state index contributed by atoms with van der Waals surface area (Å²) in [6.45, 7) is 9.45. The van der Waals surface area contributed by atoms with Crippen molar-refractivity contribution in [2.75, 3.05) is 6.54 Å². The number of ether oxygens (including phenoxy) is 1. The van der Waals surface area contributed by atoms with E-state index in [1.807, 2.05) is 26.0 Å². The van der Waals surface area contributed by atoms with Gasteiger partial charge in [0.1, 0.15) is 11.4 Å². The second kappa shape index (κ2) is 6.26. The monoisotopic (exact) mass is 322 g/mol. The van der Waals surface area contributed by atoms with Crippen molar-refractivity contribution in [3.8, 4) is 0 Å². The van der Waals surface area contributed by atoms with Crippen molar-refractivity contribution >= 4 is 12.0 Å². The fraction of sp³-hybridized carbons (Fsp3) is 0.647. The van der Waals surface area contributed by atoms with E-state index >= 15 is 0 Å². The smallest absolute Gasteiger partial charge is 0.407 e. The van der Waals surface area contributed by atoms with Crippen LogP contribution in [0.3, 0.4) is 0 Å². The van der Waals surface area contributed by atoms with Crippen molar-refractivity contribution in [3.63, 3.8) is 0 Å². The quantitative estimate of drug-likeness (QED) is 0.873. The Morgan fingerprint density at radius 1 is 1.30 bits per heavy atom. The first kappa shape index (κ1) is 17.4. The van der Waals surface area contributed by atoms with Gasteiger partial charge in [0, 0.05) is 18.4 Å². The van der Waals surface area contributed by atoms with E-state index in [1.54, 1.807) is 27.0 Å². The average Bonchev–Trinajstić information content (AvgIpc) is 3.01. The summed E-state index contributed by atoms with van der Waals surface area (Å²) in [5.41, 5.74) is -1.09. The van der Waals surface area contributed by atoms with E-state index in [4.69, 9.17) is 9.15 Å². The molecule has 0 aliphatic heterocycles. The summed E-state index contributed by atoms with van der Waals surface area (Å²) in [5, 5.41) is 5.67. The molecule has 6 nitrogen and oxygen atoms in total. The van der Waals surface area contributed by atoms with E-state index < -0.39 is 17.2 Å². The van der Waals surface area contributed by atoms with Crippen LogP contribution in [0.5, 0.6) is 0 Å². The third-order valence-corrected chi connectivity index (χ3v) is 3.57. The summed E-state index contributed by atoms with van der Waals surface area (Å²) in [6, 6.07) is 3.73. The Morgan fingerprint density at radius 2 is 2.00 bits per heavy atom. The van der Waals surface area contributed by atoms with Crippen LogP contribution in [0.25, 0.3) is 0 Å². The molecule has 0 spiro atoms. The van der Waals surface area contributed by atoms with Crippen LogP contribution >= 0.6 is 0 Å². The Bertz CT molecular complexity index is 558. The lowest BCUT2D eigenvalue weighted by molar-refractivity contribution is -0.124. The molecular formula is C17H26N2O4. The number of carbonyl (C=O) groups excluding carboxylic acids is 2. The van der Waals surface area contributed by atoms with Crippen molar-refractivity contribution < 1.29 is 18.7 Å². The molecule has 1 aromatic heterocycles. The van der Waals surface area contributed by atoms with Crippen molar-refractivity contribution in [1.29, 1.82) is 0 Å². The maximum atomic E-state index is 12.3. The zero-order valence-corrected chi connectivity index (χ0v) is 14.4. The molecule has 0 bridgehead atoms. The van der Waals surface area contributed by atoms with Crippen molar-refractivity contribution in [2.24, 2.45) is 5.92 Å². The number of rotatable bonds is 5. The topological polar surface area (TPSA) is 80.6 Å². The second-order valence-electron chi connectivity index (χ2n) is 7.69. The average molecular weight is 322 g/mol. The molecule has 2 amide bonds. The summed E-state index contributed by atoms with van der Waals surface area (Å²) < 4.78 is 10.5. The standard InChI is InChI=1S/C17H26N2O4/c1-16(2,3)23-15(21)18-10-17(4,5)19-14(20)12-9-11(12)13-7-6-8-22-13/h6-8,11-12H,9-10H2,1-5H3,(H,18,21)(H,19,20)/t11-,12+/m1/s1. The van der Waals surface area contributed by atoms with Gasteiger partial charge in [-0.15, -0.1) is 0 Å². The SMILES string of the molecule is CC(C)(CNC(=O)OC(C)(C)C)NC(=O)[C@H]1C[C@H]1c1ccco1. The number of hydrogen-bond acceptors (Lipinski definition) is 4. The first-order valence-electron chi connectivity index (χ1n) is 7.90. The third-order valence-electron chi connectivity index (χ3n) is 3.57. The summed E-state index contributed by atoms with van der Waals surface area (Å²) in [6.07, 6.45) is 1.94. The third kappa shape index (κ3) is 5.30. The van der Waals surface area contributed by atoms with Gasteiger partial charge in [0.15, 0.2) is 0 Å². The minimum atomic E-state index is -0.551. The van der Waals surface area contributed by atoms with E-state index in [9.17, 15) is 9.59 Å². The highest BCUT2D eigenvalue weighted by atomic mass is 16.6. The molecule has 128 valence electrons. The van der Waals surface area contributed by atoms with E-state index in [0.29, 0.717) is 6.54 Å². The Kier molecular flexibility index (Phi) is 4.73. The highest BCUT2D eigenvalue weighted by molar-refractivity contribution is 5.83. The number of alkyl carbamates (subject to hydrolysis) is 1. The van der Waals surface area contributed by atoms with E-state index in [0.717, 1.165) is 12.2 Å².